The van der Waals surface area contributed by atoms with E-state index in [1.54, 1.807) is 18.9 Å². The van der Waals surface area contributed by atoms with Gasteiger partial charge in [0, 0.05) is 27.5 Å². The molecule has 0 saturated heterocycles. The quantitative estimate of drug-likeness (QED) is 0.349. The average Bonchev–Trinajstić information content (AvgIpc) is 3.33. The number of anilines is 1. The second kappa shape index (κ2) is 11.0. The monoisotopic (exact) mass is 531 g/mol. The van der Waals surface area contributed by atoms with E-state index >= 15 is 0 Å². The van der Waals surface area contributed by atoms with Crippen LogP contribution in [0.15, 0.2) is 80.3 Å². The van der Waals surface area contributed by atoms with Crippen molar-refractivity contribution in [3.8, 4) is 0 Å². The highest BCUT2D eigenvalue weighted by molar-refractivity contribution is 8.04. The van der Waals surface area contributed by atoms with Crippen molar-refractivity contribution in [1.29, 1.82) is 0 Å². The molecule has 5 nitrogen and oxygen atoms in total. The van der Waals surface area contributed by atoms with Crippen molar-refractivity contribution in [1.82, 2.24) is 0 Å². The highest BCUT2D eigenvalue weighted by atomic mass is 32.2. The van der Waals surface area contributed by atoms with Crippen LogP contribution >= 0.6 is 23.5 Å². The van der Waals surface area contributed by atoms with Gasteiger partial charge in [0.25, 0.3) is 10.1 Å². The molecule has 0 amide bonds. The fourth-order valence-electron chi connectivity index (χ4n) is 4.63. The molecule has 1 N–H and O–H groups in total. The molecule has 0 fully saturated rings. The number of methoxy groups -OCH3 is 1. The Bertz CT molecular complexity index is 1240. The summed E-state index contributed by atoms with van der Waals surface area (Å²) in [6, 6.07) is 6.38. The first kappa shape index (κ1) is 26.2. The Kier molecular flexibility index (Phi) is 8.26. The summed E-state index contributed by atoms with van der Waals surface area (Å²) in [4.78, 5) is 4.69. The van der Waals surface area contributed by atoms with E-state index in [0.717, 1.165) is 34.9 Å². The molecule has 1 aromatic carbocycles. The van der Waals surface area contributed by atoms with Crippen LogP contribution in [0, 0.1) is 12.8 Å². The van der Waals surface area contributed by atoms with Crippen molar-refractivity contribution in [2.75, 3.05) is 24.3 Å². The number of benzene rings is 1. The van der Waals surface area contributed by atoms with Crippen LogP contribution in [0.25, 0.3) is 0 Å². The molecule has 0 saturated carbocycles. The number of allylic oxidation sites excluding steroid dienone is 6. The fourth-order valence-corrected chi connectivity index (χ4v) is 7.76. The van der Waals surface area contributed by atoms with Crippen molar-refractivity contribution < 1.29 is 17.7 Å². The Morgan fingerprint density at radius 1 is 1.29 bits per heavy atom. The molecular weight excluding hydrogens is 499 g/mol. The lowest BCUT2D eigenvalue weighted by atomic mass is 9.89. The van der Waals surface area contributed by atoms with Gasteiger partial charge in [0.2, 0.25) is 0 Å². The van der Waals surface area contributed by atoms with Gasteiger partial charge in [-0.1, -0.05) is 37.8 Å². The summed E-state index contributed by atoms with van der Waals surface area (Å²) in [5.74, 6) is 1.05. The molecule has 8 heteroatoms. The van der Waals surface area contributed by atoms with E-state index in [4.69, 9.17) is 4.74 Å². The molecule has 1 aromatic rings. The predicted molar refractivity (Wildman–Crippen MR) is 148 cm³/mol. The van der Waals surface area contributed by atoms with Gasteiger partial charge < -0.3 is 9.64 Å². The third-order valence-electron chi connectivity index (χ3n) is 6.45. The number of aryl methyl sites for hydroxylation is 1. The predicted octanol–water partition coefficient (Wildman–Crippen LogP) is 6.86. The van der Waals surface area contributed by atoms with Gasteiger partial charge in [-0.3, -0.25) is 4.55 Å². The van der Waals surface area contributed by atoms with Gasteiger partial charge in [-0.2, -0.15) is 8.42 Å². The molecule has 0 radical (unpaired) electrons. The Hall–Kier alpha value is -1.87. The first-order valence-electron chi connectivity index (χ1n) is 12.0. The Balaban J connectivity index is 1.65. The van der Waals surface area contributed by atoms with E-state index in [2.05, 4.69) is 74.3 Å². The van der Waals surface area contributed by atoms with Crippen LogP contribution in [0.4, 0.5) is 5.69 Å². The summed E-state index contributed by atoms with van der Waals surface area (Å²) in [5, 5.41) is 1.50. The third kappa shape index (κ3) is 6.10. The van der Waals surface area contributed by atoms with Crippen molar-refractivity contribution >= 4 is 39.3 Å². The zero-order valence-electron chi connectivity index (χ0n) is 20.7. The van der Waals surface area contributed by atoms with Crippen molar-refractivity contribution in [2.24, 2.45) is 5.92 Å². The standard InChI is InChI=1S/C27H33NO4S3/c1-5-19(15-26-21(6-2)22-17-20(32-4)9-11-24(22)33-26)16-27-28(12-7-13-35(29,30)31)23-14-18(3)8-10-25(23)34-27/h8-11,14-17,22,24H,5-7,12-13H2,1-4H3,(H,29,30,31)/b19-15+,27-16-. The number of fused-ring (bicyclic) bond motifs is 2. The molecule has 3 aliphatic rings. The molecule has 2 aliphatic heterocycles. The maximum absolute atomic E-state index is 11.3. The molecule has 0 spiro atoms. The smallest absolute Gasteiger partial charge is 0.264 e. The Labute approximate surface area is 217 Å². The SMILES string of the molecule is CCC1=C(/C=C(/C=C2\Sc3ccc(C)cc3N2CCCS(=O)(=O)O)CC)SC2C=CC(OC)=CC12. The number of hydrogen-bond donors (Lipinski definition) is 1. The van der Waals surface area contributed by atoms with Gasteiger partial charge in [0.05, 0.1) is 23.6 Å². The second-order valence-corrected chi connectivity index (χ2v) is 12.8. The summed E-state index contributed by atoms with van der Waals surface area (Å²) < 4.78 is 37.3. The minimum Gasteiger partial charge on any atom is -0.497 e. The first-order chi connectivity index (χ1) is 16.7. The average molecular weight is 532 g/mol. The van der Waals surface area contributed by atoms with Crippen molar-refractivity contribution in [3.05, 3.63) is 81.0 Å². The van der Waals surface area contributed by atoms with E-state index in [1.165, 1.54) is 20.9 Å². The summed E-state index contributed by atoms with van der Waals surface area (Å²) >= 11 is 3.64. The molecule has 2 heterocycles. The summed E-state index contributed by atoms with van der Waals surface area (Å²) in [5.41, 5.74) is 4.95. The van der Waals surface area contributed by atoms with E-state index in [0.29, 0.717) is 24.1 Å². The molecule has 188 valence electrons. The number of thioether (sulfide) groups is 2. The number of hydrogen-bond acceptors (Lipinski definition) is 6. The topological polar surface area (TPSA) is 66.8 Å². The largest absolute Gasteiger partial charge is 0.497 e. The van der Waals surface area contributed by atoms with Crippen LogP contribution in [0.3, 0.4) is 0 Å². The van der Waals surface area contributed by atoms with Crippen LogP contribution in [0.2, 0.25) is 0 Å². The number of nitrogens with zero attached hydrogens (tertiary/aromatic N) is 1. The fraction of sp³-hybridized carbons (Fsp3) is 0.407. The normalized spacial score (nSPS) is 23.1. The summed E-state index contributed by atoms with van der Waals surface area (Å²) in [6.07, 6.45) is 13.4. The van der Waals surface area contributed by atoms with Gasteiger partial charge in [0.1, 0.15) is 5.76 Å². The third-order valence-corrected chi connectivity index (χ3v) is 9.72. The minimum absolute atomic E-state index is 0.240. The van der Waals surface area contributed by atoms with Crippen LogP contribution in [0.1, 0.15) is 38.7 Å². The molecule has 2 atom stereocenters. The van der Waals surface area contributed by atoms with Gasteiger partial charge >= 0.3 is 0 Å². The van der Waals surface area contributed by atoms with Crippen molar-refractivity contribution in [3.63, 3.8) is 0 Å². The second-order valence-electron chi connectivity index (χ2n) is 8.90. The van der Waals surface area contributed by atoms with Gasteiger partial charge in [0.15, 0.2) is 0 Å². The molecular formula is C27H33NO4S3. The highest BCUT2D eigenvalue weighted by Crippen LogP contribution is 2.49. The zero-order valence-corrected chi connectivity index (χ0v) is 23.1. The van der Waals surface area contributed by atoms with Gasteiger partial charge in [-0.05, 0) is 79.3 Å². The van der Waals surface area contributed by atoms with Crippen LogP contribution in [0.5, 0.6) is 0 Å². The molecule has 0 aromatic heterocycles. The highest BCUT2D eigenvalue weighted by Gasteiger charge is 2.33. The molecule has 2 unspecified atom stereocenters. The first-order valence-corrected chi connectivity index (χ1v) is 15.3. The minimum atomic E-state index is -3.98. The van der Waals surface area contributed by atoms with Crippen molar-refractivity contribution in [2.45, 2.75) is 50.2 Å². The number of ether oxygens (including phenoxy) is 1. The van der Waals surface area contributed by atoms with Crippen LogP contribution in [-0.2, 0) is 14.9 Å². The van der Waals surface area contributed by atoms with E-state index in [1.807, 2.05) is 11.8 Å². The van der Waals surface area contributed by atoms with E-state index in [-0.39, 0.29) is 5.75 Å². The lowest BCUT2D eigenvalue weighted by molar-refractivity contribution is 0.301. The summed E-state index contributed by atoms with van der Waals surface area (Å²) in [7, 11) is -2.26. The van der Waals surface area contributed by atoms with Gasteiger partial charge in [-0.25, -0.2) is 0 Å². The lowest BCUT2D eigenvalue weighted by Gasteiger charge is -2.21. The van der Waals surface area contributed by atoms with Gasteiger partial charge in [-0.15, -0.1) is 11.8 Å². The summed E-state index contributed by atoms with van der Waals surface area (Å²) in [6.45, 7) is 6.98. The molecule has 0 bridgehead atoms. The lowest BCUT2D eigenvalue weighted by Crippen LogP contribution is -2.21. The maximum Gasteiger partial charge on any atom is 0.264 e. The molecule has 4 rings (SSSR count). The molecule has 1 aliphatic carbocycles. The molecule has 35 heavy (non-hydrogen) atoms. The Morgan fingerprint density at radius 3 is 2.77 bits per heavy atom. The Morgan fingerprint density at radius 2 is 2.09 bits per heavy atom. The number of rotatable bonds is 9. The van der Waals surface area contributed by atoms with Crippen LogP contribution in [-0.4, -0.2) is 37.6 Å². The zero-order chi connectivity index (χ0) is 25.2. The maximum atomic E-state index is 11.3. The van der Waals surface area contributed by atoms with E-state index < -0.39 is 10.1 Å². The van der Waals surface area contributed by atoms with Crippen LogP contribution < -0.4 is 4.90 Å². The van der Waals surface area contributed by atoms with E-state index in [9.17, 15) is 13.0 Å².